The van der Waals surface area contributed by atoms with E-state index in [0.717, 1.165) is 10.8 Å². The quantitative estimate of drug-likeness (QED) is 0.878. The van der Waals surface area contributed by atoms with Crippen molar-refractivity contribution in [1.29, 1.82) is 0 Å². The fourth-order valence-corrected chi connectivity index (χ4v) is 1.81. The molecule has 0 heterocycles. The molecule has 0 atom stereocenters. The van der Waals surface area contributed by atoms with Crippen molar-refractivity contribution in [2.24, 2.45) is 0 Å². The monoisotopic (exact) mass is 229 g/mol. The van der Waals surface area contributed by atoms with Crippen LogP contribution >= 0.6 is 0 Å². The maximum atomic E-state index is 11.8. The molecule has 2 rings (SSSR count). The molecular weight excluding hydrogens is 214 g/mol. The standard InChI is InChI=1S/C14H15NO2/c1-3-17-13-9-11-7-5-4-6-10(11)8-12(13)14(16)15-2/h4-9H,3H2,1-2H3,(H,15,16). The molecule has 0 bridgehead atoms. The molecule has 0 aromatic heterocycles. The first kappa shape index (κ1) is 11.5. The van der Waals surface area contributed by atoms with Crippen molar-refractivity contribution in [1.82, 2.24) is 5.32 Å². The van der Waals surface area contributed by atoms with E-state index in [9.17, 15) is 4.79 Å². The first-order chi connectivity index (χ1) is 8.26. The fourth-order valence-electron chi connectivity index (χ4n) is 1.81. The van der Waals surface area contributed by atoms with Crippen molar-refractivity contribution in [3.63, 3.8) is 0 Å². The minimum Gasteiger partial charge on any atom is -0.493 e. The molecule has 3 nitrogen and oxygen atoms in total. The molecule has 0 saturated heterocycles. The van der Waals surface area contributed by atoms with Gasteiger partial charge in [0.25, 0.3) is 5.91 Å². The van der Waals surface area contributed by atoms with Crippen LogP contribution in [0.1, 0.15) is 17.3 Å². The first-order valence-corrected chi connectivity index (χ1v) is 5.64. The minimum atomic E-state index is -0.126. The Morgan fingerprint density at radius 3 is 2.47 bits per heavy atom. The van der Waals surface area contributed by atoms with Gasteiger partial charge < -0.3 is 10.1 Å². The zero-order valence-electron chi connectivity index (χ0n) is 9.99. The molecule has 88 valence electrons. The van der Waals surface area contributed by atoms with Gasteiger partial charge in [0, 0.05) is 7.05 Å². The van der Waals surface area contributed by atoms with Crippen molar-refractivity contribution < 1.29 is 9.53 Å². The molecule has 1 N–H and O–H groups in total. The topological polar surface area (TPSA) is 38.3 Å². The molecule has 3 heteroatoms. The third-order valence-electron chi connectivity index (χ3n) is 2.62. The maximum Gasteiger partial charge on any atom is 0.254 e. The highest BCUT2D eigenvalue weighted by Crippen LogP contribution is 2.26. The lowest BCUT2D eigenvalue weighted by atomic mass is 10.1. The van der Waals surface area contributed by atoms with E-state index in [2.05, 4.69) is 5.32 Å². The van der Waals surface area contributed by atoms with E-state index in [0.29, 0.717) is 17.9 Å². The zero-order chi connectivity index (χ0) is 12.3. The number of hydrogen-bond donors (Lipinski definition) is 1. The average molecular weight is 229 g/mol. The Hall–Kier alpha value is -2.03. The van der Waals surface area contributed by atoms with Gasteiger partial charge in [0.15, 0.2) is 0 Å². The molecule has 0 aliphatic carbocycles. The van der Waals surface area contributed by atoms with Crippen LogP contribution in [-0.2, 0) is 0 Å². The van der Waals surface area contributed by atoms with Gasteiger partial charge in [-0.15, -0.1) is 0 Å². The summed E-state index contributed by atoms with van der Waals surface area (Å²) >= 11 is 0. The summed E-state index contributed by atoms with van der Waals surface area (Å²) < 4.78 is 5.51. The molecule has 0 aliphatic rings. The van der Waals surface area contributed by atoms with Gasteiger partial charge in [0.05, 0.1) is 12.2 Å². The number of benzene rings is 2. The molecule has 0 unspecified atom stereocenters. The van der Waals surface area contributed by atoms with Crippen LogP contribution in [0.15, 0.2) is 36.4 Å². The Bertz CT molecular complexity index is 549. The van der Waals surface area contributed by atoms with E-state index in [1.807, 2.05) is 43.3 Å². The zero-order valence-corrected chi connectivity index (χ0v) is 9.99. The Labute approximate surface area is 100 Å². The van der Waals surface area contributed by atoms with Crippen molar-refractivity contribution in [3.8, 4) is 5.75 Å². The third-order valence-corrected chi connectivity index (χ3v) is 2.62. The van der Waals surface area contributed by atoms with Gasteiger partial charge in [-0.25, -0.2) is 0 Å². The van der Waals surface area contributed by atoms with E-state index in [-0.39, 0.29) is 5.91 Å². The number of hydrogen-bond acceptors (Lipinski definition) is 2. The Morgan fingerprint density at radius 2 is 1.88 bits per heavy atom. The van der Waals surface area contributed by atoms with Crippen LogP contribution < -0.4 is 10.1 Å². The summed E-state index contributed by atoms with van der Waals surface area (Å²) in [6, 6.07) is 11.7. The lowest BCUT2D eigenvalue weighted by molar-refractivity contribution is 0.0959. The van der Waals surface area contributed by atoms with Gasteiger partial charge in [-0.05, 0) is 29.8 Å². The van der Waals surface area contributed by atoms with E-state index in [1.54, 1.807) is 7.05 Å². The third kappa shape index (κ3) is 2.23. The van der Waals surface area contributed by atoms with Crippen molar-refractivity contribution in [2.75, 3.05) is 13.7 Å². The summed E-state index contributed by atoms with van der Waals surface area (Å²) in [6.07, 6.45) is 0. The number of nitrogens with one attached hydrogen (secondary N) is 1. The van der Waals surface area contributed by atoms with E-state index in [4.69, 9.17) is 4.74 Å². The van der Waals surface area contributed by atoms with Gasteiger partial charge >= 0.3 is 0 Å². The summed E-state index contributed by atoms with van der Waals surface area (Å²) in [6.45, 7) is 2.45. The summed E-state index contributed by atoms with van der Waals surface area (Å²) in [5.74, 6) is 0.504. The largest absolute Gasteiger partial charge is 0.493 e. The predicted molar refractivity (Wildman–Crippen MR) is 68.5 cm³/mol. The lowest BCUT2D eigenvalue weighted by Crippen LogP contribution is -2.18. The fraction of sp³-hybridized carbons (Fsp3) is 0.214. The highest BCUT2D eigenvalue weighted by Gasteiger charge is 2.12. The highest BCUT2D eigenvalue weighted by atomic mass is 16.5. The van der Waals surface area contributed by atoms with Crippen molar-refractivity contribution >= 4 is 16.7 Å². The number of carbonyl (C=O) groups is 1. The van der Waals surface area contributed by atoms with Crippen LogP contribution in [-0.4, -0.2) is 19.6 Å². The van der Waals surface area contributed by atoms with Gasteiger partial charge in [-0.3, -0.25) is 4.79 Å². The Kier molecular flexibility index (Phi) is 3.28. The summed E-state index contributed by atoms with van der Waals surface area (Å²) in [5, 5.41) is 4.74. The van der Waals surface area contributed by atoms with Gasteiger partial charge in [0.2, 0.25) is 0 Å². The molecule has 1 amide bonds. The normalized spacial score (nSPS) is 10.2. The number of ether oxygens (including phenoxy) is 1. The summed E-state index contributed by atoms with van der Waals surface area (Å²) in [5.41, 5.74) is 0.577. The molecule has 2 aromatic rings. The number of rotatable bonds is 3. The minimum absolute atomic E-state index is 0.126. The predicted octanol–water partition coefficient (Wildman–Crippen LogP) is 2.60. The second-order valence-electron chi connectivity index (χ2n) is 3.71. The van der Waals surface area contributed by atoms with Crippen LogP contribution in [0.3, 0.4) is 0 Å². The summed E-state index contributed by atoms with van der Waals surface area (Å²) in [7, 11) is 1.62. The van der Waals surface area contributed by atoms with Gasteiger partial charge in [-0.1, -0.05) is 24.3 Å². The van der Waals surface area contributed by atoms with Crippen LogP contribution in [0.4, 0.5) is 0 Å². The SMILES string of the molecule is CCOc1cc2ccccc2cc1C(=O)NC. The summed E-state index contributed by atoms with van der Waals surface area (Å²) in [4.78, 5) is 11.8. The Morgan fingerprint density at radius 1 is 1.24 bits per heavy atom. The van der Waals surface area contributed by atoms with Crippen LogP contribution in [0.5, 0.6) is 5.75 Å². The van der Waals surface area contributed by atoms with E-state index < -0.39 is 0 Å². The molecule has 0 aliphatic heterocycles. The van der Waals surface area contributed by atoms with Gasteiger partial charge in [0.1, 0.15) is 5.75 Å². The molecule has 17 heavy (non-hydrogen) atoms. The molecule has 0 spiro atoms. The number of carbonyl (C=O) groups excluding carboxylic acids is 1. The first-order valence-electron chi connectivity index (χ1n) is 5.64. The molecule has 0 saturated carbocycles. The van der Waals surface area contributed by atoms with Gasteiger partial charge in [-0.2, -0.15) is 0 Å². The van der Waals surface area contributed by atoms with Crippen LogP contribution in [0, 0.1) is 0 Å². The molecule has 0 fully saturated rings. The van der Waals surface area contributed by atoms with Crippen molar-refractivity contribution in [3.05, 3.63) is 42.0 Å². The smallest absolute Gasteiger partial charge is 0.254 e. The second kappa shape index (κ2) is 4.87. The highest BCUT2D eigenvalue weighted by molar-refractivity contribution is 6.01. The van der Waals surface area contributed by atoms with Crippen LogP contribution in [0.2, 0.25) is 0 Å². The number of amides is 1. The molecular formula is C14H15NO2. The maximum absolute atomic E-state index is 11.8. The van der Waals surface area contributed by atoms with Crippen molar-refractivity contribution in [2.45, 2.75) is 6.92 Å². The second-order valence-corrected chi connectivity index (χ2v) is 3.71. The molecule has 2 aromatic carbocycles. The lowest BCUT2D eigenvalue weighted by Gasteiger charge is -2.10. The average Bonchev–Trinajstić information content (AvgIpc) is 2.37. The van der Waals surface area contributed by atoms with Crippen LogP contribution in [0.25, 0.3) is 10.8 Å². The Balaban J connectivity index is 2.61. The molecule has 0 radical (unpaired) electrons. The van der Waals surface area contributed by atoms with E-state index in [1.165, 1.54) is 0 Å². The number of fused-ring (bicyclic) bond motifs is 1. The van der Waals surface area contributed by atoms with E-state index >= 15 is 0 Å².